The van der Waals surface area contributed by atoms with E-state index < -0.39 is 0 Å². The molecule has 1 aromatic heterocycles. The van der Waals surface area contributed by atoms with E-state index in [1.54, 1.807) is 24.0 Å². The van der Waals surface area contributed by atoms with Crippen molar-refractivity contribution in [3.8, 4) is 11.3 Å². The Bertz CT molecular complexity index is 767. The lowest BCUT2D eigenvalue weighted by Gasteiger charge is -2.31. The average Bonchev–Trinajstić information content (AvgIpc) is 3.13. The van der Waals surface area contributed by atoms with Gasteiger partial charge in [0.25, 0.3) is 5.91 Å². The summed E-state index contributed by atoms with van der Waals surface area (Å²) in [5.41, 5.74) is 1.64. The summed E-state index contributed by atoms with van der Waals surface area (Å²) in [6.07, 6.45) is 2.47. The van der Waals surface area contributed by atoms with Gasteiger partial charge >= 0.3 is 6.09 Å². The van der Waals surface area contributed by atoms with Gasteiger partial charge in [-0.05, 0) is 44.0 Å². The van der Waals surface area contributed by atoms with Gasteiger partial charge in [-0.25, -0.2) is 9.18 Å². The van der Waals surface area contributed by atoms with Gasteiger partial charge in [-0.3, -0.25) is 9.89 Å². The number of ether oxygens (including phenoxy) is 1. The molecule has 1 aliphatic rings. The fourth-order valence-corrected chi connectivity index (χ4v) is 2.98. The molecule has 7 nitrogen and oxygen atoms in total. The Labute approximate surface area is 150 Å². The average molecular weight is 360 g/mol. The largest absolute Gasteiger partial charge is 0.450 e. The van der Waals surface area contributed by atoms with Crippen molar-refractivity contribution in [3.05, 3.63) is 41.8 Å². The Morgan fingerprint density at radius 2 is 2.00 bits per heavy atom. The molecule has 2 N–H and O–H groups in total. The molecule has 138 valence electrons. The molecule has 2 aromatic rings. The third-order valence-electron chi connectivity index (χ3n) is 4.37. The molecule has 3 rings (SSSR count). The summed E-state index contributed by atoms with van der Waals surface area (Å²) in [5.74, 6) is -0.583. The summed E-state index contributed by atoms with van der Waals surface area (Å²) in [5, 5.41) is 9.72. The number of nitrogens with one attached hydrogen (secondary N) is 2. The summed E-state index contributed by atoms with van der Waals surface area (Å²) in [6.45, 7) is 3.20. The first-order valence-electron chi connectivity index (χ1n) is 8.60. The van der Waals surface area contributed by atoms with Crippen molar-refractivity contribution in [2.24, 2.45) is 0 Å². The van der Waals surface area contributed by atoms with Crippen LogP contribution < -0.4 is 5.32 Å². The summed E-state index contributed by atoms with van der Waals surface area (Å²) < 4.78 is 18.1. The fourth-order valence-electron chi connectivity index (χ4n) is 2.98. The lowest BCUT2D eigenvalue weighted by molar-refractivity contribution is 0.0860. The number of halogens is 1. The van der Waals surface area contributed by atoms with Crippen molar-refractivity contribution in [2.45, 2.75) is 25.8 Å². The van der Waals surface area contributed by atoms with Crippen LogP contribution in [0.25, 0.3) is 11.3 Å². The summed E-state index contributed by atoms with van der Waals surface area (Å²) >= 11 is 0. The van der Waals surface area contributed by atoms with Crippen molar-refractivity contribution in [1.29, 1.82) is 0 Å². The van der Waals surface area contributed by atoms with Gasteiger partial charge in [-0.1, -0.05) is 0 Å². The number of amides is 2. The molecule has 8 heteroatoms. The van der Waals surface area contributed by atoms with Crippen molar-refractivity contribution >= 4 is 12.0 Å². The maximum atomic E-state index is 13.1. The SMILES string of the molecule is CCOC(=O)N1CCC(NC(=O)c2cn[nH]c2-c2ccc(F)cc2)CC1. The maximum absolute atomic E-state index is 13.1. The molecule has 0 radical (unpaired) electrons. The molecule has 26 heavy (non-hydrogen) atoms. The second kappa shape index (κ2) is 7.99. The van der Waals surface area contributed by atoms with Crippen LogP contribution in [0.2, 0.25) is 0 Å². The molecule has 1 aliphatic heterocycles. The van der Waals surface area contributed by atoms with Crippen LogP contribution in [-0.2, 0) is 4.74 Å². The van der Waals surface area contributed by atoms with E-state index in [0.29, 0.717) is 49.4 Å². The summed E-state index contributed by atoms with van der Waals surface area (Å²) in [7, 11) is 0. The summed E-state index contributed by atoms with van der Waals surface area (Å²) in [6, 6.07) is 5.84. The molecule has 0 bridgehead atoms. The molecule has 0 saturated carbocycles. The zero-order valence-corrected chi connectivity index (χ0v) is 14.5. The molecule has 1 aromatic carbocycles. The number of carbonyl (C=O) groups excluding carboxylic acids is 2. The van der Waals surface area contributed by atoms with Gasteiger partial charge in [0.1, 0.15) is 5.82 Å². The van der Waals surface area contributed by atoms with E-state index >= 15 is 0 Å². The predicted molar refractivity (Wildman–Crippen MR) is 93.1 cm³/mol. The number of rotatable bonds is 4. The minimum absolute atomic E-state index is 0.0239. The zero-order chi connectivity index (χ0) is 18.5. The van der Waals surface area contributed by atoms with E-state index in [0.717, 1.165) is 0 Å². The lowest BCUT2D eigenvalue weighted by atomic mass is 10.0. The van der Waals surface area contributed by atoms with Gasteiger partial charge < -0.3 is 15.0 Å². The van der Waals surface area contributed by atoms with E-state index in [2.05, 4.69) is 15.5 Å². The Morgan fingerprint density at radius 1 is 1.31 bits per heavy atom. The van der Waals surface area contributed by atoms with Crippen LogP contribution in [0.3, 0.4) is 0 Å². The molecule has 0 spiro atoms. The molecule has 0 aliphatic carbocycles. The van der Waals surface area contributed by atoms with Crippen LogP contribution >= 0.6 is 0 Å². The van der Waals surface area contributed by atoms with Gasteiger partial charge in [0, 0.05) is 24.7 Å². The minimum Gasteiger partial charge on any atom is -0.450 e. The quantitative estimate of drug-likeness (QED) is 0.877. The molecule has 2 amide bonds. The van der Waals surface area contributed by atoms with Crippen molar-refractivity contribution in [2.75, 3.05) is 19.7 Å². The standard InChI is InChI=1S/C18H21FN4O3/c1-2-26-18(25)23-9-7-14(8-10-23)21-17(24)15-11-20-22-16(15)12-3-5-13(19)6-4-12/h3-6,11,14H,2,7-10H2,1H3,(H,20,22)(H,21,24). The number of H-pyrrole nitrogens is 1. The normalized spacial score (nSPS) is 14.9. The predicted octanol–water partition coefficient (Wildman–Crippen LogP) is 2.57. The van der Waals surface area contributed by atoms with Crippen molar-refractivity contribution in [1.82, 2.24) is 20.4 Å². The first kappa shape index (κ1) is 17.9. The van der Waals surface area contributed by atoms with Crippen LogP contribution in [0.5, 0.6) is 0 Å². The number of aromatic amines is 1. The second-order valence-corrected chi connectivity index (χ2v) is 6.10. The molecule has 1 fully saturated rings. The number of aromatic nitrogens is 2. The maximum Gasteiger partial charge on any atom is 0.409 e. The highest BCUT2D eigenvalue weighted by Crippen LogP contribution is 2.22. The van der Waals surface area contributed by atoms with Gasteiger partial charge in [0.15, 0.2) is 0 Å². The van der Waals surface area contributed by atoms with Gasteiger partial charge in [-0.2, -0.15) is 5.10 Å². The van der Waals surface area contributed by atoms with E-state index in [1.807, 2.05) is 0 Å². The molecule has 0 atom stereocenters. The van der Waals surface area contributed by atoms with Gasteiger partial charge in [-0.15, -0.1) is 0 Å². The van der Waals surface area contributed by atoms with Crippen molar-refractivity contribution < 1.29 is 18.7 Å². The zero-order valence-electron chi connectivity index (χ0n) is 14.5. The Balaban J connectivity index is 1.61. The van der Waals surface area contributed by atoms with Crippen LogP contribution in [0.15, 0.2) is 30.5 Å². The highest BCUT2D eigenvalue weighted by molar-refractivity contribution is 5.99. The number of piperidine rings is 1. The van der Waals surface area contributed by atoms with Crippen LogP contribution in [0.4, 0.5) is 9.18 Å². The monoisotopic (exact) mass is 360 g/mol. The first-order chi connectivity index (χ1) is 12.6. The molecule has 1 saturated heterocycles. The number of benzene rings is 1. The van der Waals surface area contributed by atoms with Crippen LogP contribution in [0.1, 0.15) is 30.1 Å². The Morgan fingerprint density at radius 3 is 2.65 bits per heavy atom. The van der Waals surface area contributed by atoms with E-state index in [-0.39, 0.29) is 23.9 Å². The minimum atomic E-state index is -0.340. The number of carbonyl (C=O) groups is 2. The van der Waals surface area contributed by atoms with E-state index in [9.17, 15) is 14.0 Å². The highest BCUT2D eigenvalue weighted by atomic mass is 19.1. The molecular formula is C18H21FN4O3. The number of likely N-dealkylation sites (tertiary alicyclic amines) is 1. The second-order valence-electron chi connectivity index (χ2n) is 6.10. The summed E-state index contributed by atoms with van der Waals surface area (Å²) in [4.78, 5) is 26.0. The Kier molecular flexibility index (Phi) is 5.50. The smallest absolute Gasteiger partial charge is 0.409 e. The number of nitrogens with zero attached hydrogens (tertiary/aromatic N) is 2. The van der Waals surface area contributed by atoms with Gasteiger partial charge in [0.2, 0.25) is 0 Å². The molecular weight excluding hydrogens is 339 g/mol. The topological polar surface area (TPSA) is 87.3 Å². The van der Waals surface area contributed by atoms with Crippen molar-refractivity contribution in [3.63, 3.8) is 0 Å². The van der Waals surface area contributed by atoms with Gasteiger partial charge in [0.05, 0.1) is 24.1 Å². The first-order valence-corrected chi connectivity index (χ1v) is 8.60. The third-order valence-corrected chi connectivity index (χ3v) is 4.37. The van der Waals surface area contributed by atoms with E-state index in [4.69, 9.17) is 4.74 Å². The highest BCUT2D eigenvalue weighted by Gasteiger charge is 2.26. The lowest BCUT2D eigenvalue weighted by Crippen LogP contribution is -2.46. The molecule has 0 unspecified atom stereocenters. The molecule has 2 heterocycles. The third kappa shape index (κ3) is 4.01. The Hall–Kier alpha value is -2.90. The van der Waals surface area contributed by atoms with Crippen LogP contribution in [-0.4, -0.2) is 52.8 Å². The number of hydrogen-bond donors (Lipinski definition) is 2. The number of hydrogen-bond acceptors (Lipinski definition) is 4. The van der Waals surface area contributed by atoms with Crippen LogP contribution in [0, 0.1) is 5.82 Å². The van der Waals surface area contributed by atoms with E-state index in [1.165, 1.54) is 18.3 Å². The fraction of sp³-hybridized carbons (Fsp3) is 0.389.